The van der Waals surface area contributed by atoms with Gasteiger partial charge in [0.2, 0.25) is 11.8 Å². The van der Waals surface area contributed by atoms with Crippen molar-refractivity contribution >= 4 is 11.8 Å². The lowest BCUT2D eigenvalue weighted by Gasteiger charge is -2.39. The van der Waals surface area contributed by atoms with E-state index < -0.39 is 0 Å². The first-order valence-corrected chi connectivity index (χ1v) is 7.44. The van der Waals surface area contributed by atoms with Crippen LogP contribution < -0.4 is 5.32 Å². The smallest absolute Gasteiger partial charge is 0.225 e. The van der Waals surface area contributed by atoms with Gasteiger partial charge in [-0.3, -0.25) is 9.59 Å². The Bertz CT molecular complexity index is 556. The van der Waals surface area contributed by atoms with Crippen molar-refractivity contribution in [2.75, 3.05) is 13.1 Å². The maximum Gasteiger partial charge on any atom is 0.225 e. The zero-order valence-electron chi connectivity index (χ0n) is 12.7. The van der Waals surface area contributed by atoms with Crippen molar-refractivity contribution in [3.8, 4) is 0 Å². The number of nitrogens with one attached hydrogen (secondary N) is 1. The van der Waals surface area contributed by atoms with Crippen molar-refractivity contribution in [1.29, 1.82) is 0 Å². The van der Waals surface area contributed by atoms with E-state index in [1.165, 1.54) is 19.1 Å². The highest BCUT2D eigenvalue weighted by Gasteiger charge is 2.34. The number of likely N-dealkylation sites (tertiary alicyclic amines) is 1. The first-order chi connectivity index (χ1) is 10.5. The highest BCUT2D eigenvalue weighted by atomic mass is 19.1. The molecule has 1 aromatic carbocycles. The fraction of sp³-hybridized carbons (Fsp3) is 0.412. The summed E-state index contributed by atoms with van der Waals surface area (Å²) in [5.74, 6) is -0.629. The minimum Gasteiger partial charge on any atom is -0.352 e. The van der Waals surface area contributed by atoms with Crippen LogP contribution in [0.5, 0.6) is 0 Å². The van der Waals surface area contributed by atoms with Gasteiger partial charge in [0.15, 0.2) is 0 Å². The van der Waals surface area contributed by atoms with Crippen molar-refractivity contribution in [1.82, 2.24) is 10.2 Å². The Balaban J connectivity index is 2.11. The van der Waals surface area contributed by atoms with Gasteiger partial charge < -0.3 is 10.2 Å². The van der Waals surface area contributed by atoms with Gasteiger partial charge in [0.05, 0.1) is 12.0 Å². The topological polar surface area (TPSA) is 49.4 Å². The van der Waals surface area contributed by atoms with Crippen molar-refractivity contribution in [2.24, 2.45) is 5.92 Å². The Hall–Kier alpha value is -2.17. The van der Waals surface area contributed by atoms with Gasteiger partial charge in [-0.1, -0.05) is 18.2 Å². The molecule has 2 rings (SSSR count). The van der Waals surface area contributed by atoms with Crippen LogP contribution in [0.1, 0.15) is 31.4 Å². The SMILES string of the molecule is C=CCNC(=O)C1CCC(c2ccc(F)cc2)N(C(C)=O)C1. The Kier molecular flexibility index (Phi) is 5.31. The predicted octanol–water partition coefficient (Wildman–Crippen LogP) is 2.43. The molecule has 2 unspecified atom stereocenters. The third kappa shape index (κ3) is 3.72. The Morgan fingerprint density at radius 3 is 2.64 bits per heavy atom. The van der Waals surface area contributed by atoms with E-state index in [0.29, 0.717) is 25.9 Å². The number of halogens is 1. The maximum absolute atomic E-state index is 13.1. The van der Waals surface area contributed by atoms with E-state index in [1.54, 1.807) is 23.1 Å². The zero-order chi connectivity index (χ0) is 16.1. The first kappa shape index (κ1) is 16.2. The van der Waals surface area contributed by atoms with Crippen LogP contribution >= 0.6 is 0 Å². The lowest BCUT2D eigenvalue weighted by Crippen LogP contribution is -2.46. The number of benzene rings is 1. The molecule has 118 valence electrons. The maximum atomic E-state index is 13.1. The molecular weight excluding hydrogens is 283 g/mol. The average Bonchev–Trinajstić information content (AvgIpc) is 2.52. The van der Waals surface area contributed by atoms with Crippen molar-refractivity contribution in [3.05, 3.63) is 48.3 Å². The van der Waals surface area contributed by atoms with Gasteiger partial charge in [-0.2, -0.15) is 0 Å². The molecule has 1 aliphatic rings. The zero-order valence-corrected chi connectivity index (χ0v) is 12.7. The van der Waals surface area contributed by atoms with Gasteiger partial charge in [0, 0.05) is 20.0 Å². The second-order valence-corrected chi connectivity index (χ2v) is 5.55. The Morgan fingerprint density at radius 2 is 2.05 bits per heavy atom. The fourth-order valence-corrected chi connectivity index (χ4v) is 2.88. The van der Waals surface area contributed by atoms with E-state index in [9.17, 15) is 14.0 Å². The molecular formula is C17H21FN2O2. The summed E-state index contributed by atoms with van der Waals surface area (Å²) in [5, 5.41) is 2.78. The number of rotatable bonds is 4. The molecule has 2 amide bonds. The third-order valence-electron chi connectivity index (χ3n) is 4.03. The second-order valence-electron chi connectivity index (χ2n) is 5.55. The minimum atomic E-state index is -0.296. The third-order valence-corrected chi connectivity index (χ3v) is 4.03. The minimum absolute atomic E-state index is 0.0521. The molecule has 1 aromatic rings. The van der Waals surface area contributed by atoms with Crippen molar-refractivity contribution < 1.29 is 14.0 Å². The van der Waals surface area contributed by atoms with Crippen LogP contribution in [0, 0.1) is 11.7 Å². The number of carbonyl (C=O) groups excluding carboxylic acids is 2. The normalized spacial score (nSPS) is 21.3. The Morgan fingerprint density at radius 1 is 1.36 bits per heavy atom. The molecule has 0 bridgehead atoms. The molecule has 0 saturated carbocycles. The molecule has 4 nitrogen and oxygen atoms in total. The molecule has 1 heterocycles. The molecule has 0 spiro atoms. The molecule has 1 N–H and O–H groups in total. The molecule has 1 aliphatic heterocycles. The van der Waals surface area contributed by atoms with Crippen LogP contribution in [0.4, 0.5) is 4.39 Å². The molecule has 0 aromatic heterocycles. The largest absolute Gasteiger partial charge is 0.352 e. The number of hydrogen-bond acceptors (Lipinski definition) is 2. The second kappa shape index (κ2) is 7.20. The number of carbonyl (C=O) groups is 2. The lowest BCUT2D eigenvalue weighted by atomic mass is 9.88. The molecule has 22 heavy (non-hydrogen) atoms. The summed E-state index contributed by atoms with van der Waals surface area (Å²) < 4.78 is 13.1. The van der Waals surface area contributed by atoms with E-state index >= 15 is 0 Å². The quantitative estimate of drug-likeness (QED) is 0.869. The molecule has 1 saturated heterocycles. The van der Waals surface area contributed by atoms with E-state index in [4.69, 9.17) is 0 Å². The molecule has 5 heteroatoms. The molecule has 0 radical (unpaired) electrons. The number of piperidine rings is 1. The molecule has 1 fully saturated rings. The van der Waals surface area contributed by atoms with Crippen LogP contribution in [0.15, 0.2) is 36.9 Å². The van der Waals surface area contributed by atoms with Crippen LogP contribution in [0.25, 0.3) is 0 Å². The number of hydrogen-bond donors (Lipinski definition) is 1. The fourth-order valence-electron chi connectivity index (χ4n) is 2.88. The van der Waals surface area contributed by atoms with Crippen LogP contribution in [-0.2, 0) is 9.59 Å². The van der Waals surface area contributed by atoms with E-state index in [1.807, 2.05) is 0 Å². The summed E-state index contributed by atoms with van der Waals surface area (Å²) in [5.41, 5.74) is 0.904. The van der Waals surface area contributed by atoms with Crippen LogP contribution in [-0.4, -0.2) is 29.8 Å². The van der Waals surface area contributed by atoms with Gasteiger partial charge in [-0.05, 0) is 30.5 Å². The van der Waals surface area contributed by atoms with Crippen LogP contribution in [0.2, 0.25) is 0 Å². The summed E-state index contributed by atoms with van der Waals surface area (Å²) in [6.07, 6.45) is 3.02. The van der Waals surface area contributed by atoms with Gasteiger partial charge in [-0.25, -0.2) is 4.39 Å². The average molecular weight is 304 g/mol. The monoisotopic (exact) mass is 304 g/mol. The Labute approximate surface area is 130 Å². The predicted molar refractivity (Wildman–Crippen MR) is 82.5 cm³/mol. The van der Waals surface area contributed by atoms with Gasteiger partial charge in [-0.15, -0.1) is 6.58 Å². The van der Waals surface area contributed by atoms with Gasteiger partial charge in [0.25, 0.3) is 0 Å². The lowest BCUT2D eigenvalue weighted by molar-refractivity contribution is -0.137. The standard InChI is InChI=1S/C17H21FN2O2/c1-3-10-19-17(22)14-6-9-16(20(11-14)12(2)21)13-4-7-15(18)8-5-13/h3-5,7-8,14,16H,1,6,9-11H2,2H3,(H,19,22). The number of nitrogens with zero attached hydrogens (tertiary/aromatic N) is 1. The van der Waals surface area contributed by atoms with Crippen molar-refractivity contribution in [3.63, 3.8) is 0 Å². The van der Waals surface area contributed by atoms with E-state index in [2.05, 4.69) is 11.9 Å². The molecule has 0 aliphatic carbocycles. The molecule has 2 atom stereocenters. The van der Waals surface area contributed by atoms with Crippen LogP contribution in [0.3, 0.4) is 0 Å². The van der Waals surface area contributed by atoms with Crippen molar-refractivity contribution in [2.45, 2.75) is 25.8 Å². The highest BCUT2D eigenvalue weighted by molar-refractivity contribution is 5.81. The summed E-state index contributed by atoms with van der Waals surface area (Å²) >= 11 is 0. The first-order valence-electron chi connectivity index (χ1n) is 7.44. The summed E-state index contributed by atoms with van der Waals surface area (Å²) in [6.45, 7) is 5.89. The van der Waals surface area contributed by atoms with Gasteiger partial charge >= 0.3 is 0 Å². The van der Waals surface area contributed by atoms with Gasteiger partial charge in [0.1, 0.15) is 5.82 Å². The van der Waals surface area contributed by atoms with E-state index in [0.717, 1.165) is 5.56 Å². The van der Waals surface area contributed by atoms with E-state index in [-0.39, 0.29) is 29.6 Å². The summed E-state index contributed by atoms with van der Waals surface area (Å²) in [4.78, 5) is 25.7. The highest BCUT2D eigenvalue weighted by Crippen LogP contribution is 2.33. The summed E-state index contributed by atoms with van der Waals surface area (Å²) in [6, 6.07) is 6.11. The number of amides is 2. The summed E-state index contributed by atoms with van der Waals surface area (Å²) in [7, 11) is 0.